The molecule has 0 radical (unpaired) electrons. The molecule has 1 aromatic carbocycles. The summed E-state index contributed by atoms with van der Waals surface area (Å²) in [5.41, 5.74) is 0. The van der Waals surface area contributed by atoms with E-state index < -0.39 is 21.6 Å². The minimum Gasteiger partial charge on any atom is -0.459 e. The van der Waals surface area contributed by atoms with Gasteiger partial charge < -0.3 is 13.0 Å². The summed E-state index contributed by atoms with van der Waals surface area (Å²) in [4.78, 5) is 11.7. The van der Waals surface area contributed by atoms with Gasteiger partial charge in [0.05, 0.1) is 12.8 Å². The molecular formula is C14H12N2O6S. The average molecular weight is 336 g/mol. The molecule has 8 nitrogen and oxygen atoms in total. The van der Waals surface area contributed by atoms with E-state index in [2.05, 4.69) is 5.10 Å². The van der Waals surface area contributed by atoms with E-state index in [0.717, 1.165) is 4.68 Å². The Bertz CT molecular complexity index is 925. The van der Waals surface area contributed by atoms with Crippen molar-refractivity contribution >= 4 is 10.1 Å². The van der Waals surface area contributed by atoms with Crippen LogP contribution in [0.15, 0.2) is 62.4 Å². The van der Waals surface area contributed by atoms with Crippen molar-refractivity contribution in [1.82, 2.24) is 9.78 Å². The number of nitrogens with zero attached hydrogens (tertiary/aromatic N) is 2. The third kappa shape index (κ3) is 3.69. The highest BCUT2D eigenvalue weighted by atomic mass is 32.2. The molecule has 0 atom stereocenters. The first-order valence-corrected chi connectivity index (χ1v) is 8.20. The second-order valence-corrected chi connectivity index (χ2v) is 6.22. The molecule has 0 fully saturated rings. The number of aromatic nitrogens is 2. The van der Waals surface area contributed by atoms with Crippen LogP contribution < -0.4 is 9.94 Å². The highest BCUT2D eigenvalue weighted by molar-refractivity contribution is 7.87. The third-order valence-corrected chi connectivity index (χ3v) is 3.99. The summed E-state index contributed by atoms with van der Waals surface area (Å²) in [6.07, 6.45) is 1.41. The van der Waals surface area contributed by atoms with E-state index in [1.54, 1.807) is 30.3 Å². The van der Waals surface area contributed by atoms with Crippen LogP contribution in [0.4, 0.5) is 0 Å². The van der Waals surface area contributed by atoms with Gasteiger partial charge in [0.15, 0.2) is 5.76 Å². The standard InChI is InChI=1S/C14H12N2O6S/c17-14-16(15-13(21-14)12-7-4-9-20-12)8-10-23(18,19)22-11-5-2-1-3-6-11/h1-7,9H,8,10H2. The molecule has 9 heteroatoms. The van der Waals surface area contributed by atoms with E-state index in [4.69, 9.17) is 13.0 Å². The number of benzene rings is 1. The molecule has 0 aliphatic rings. The lowest BCUT2D eigenvalue weighted by Gasteiger charge is -2.05. The molecule has 3 rings (SSSR count). The Morgan fingerprint density at radius 2 is 1.91 bits per heavy atom. The third-order valence-electron chi connectivity index (χ3n) is 2.86. The number of aryl methyl sites for hydroxylation is 1. The molecule has 0 aliphatic carbocycles. The highest BCUT2D eigenvalue weighted by Gasteiger charge is 2.17. The molecule has 0 spiro atoms. The fraction of sp³-hybridized carbons (Fsp3) is 0.143. The Morgan fingerprint density at radius 1 is 1.13 bits per heavy atom. The zero-order valence-corrected chi connectivity index (χ0v) is 12.6. The molecule has 0 amide bonds. The lowest BCUT2D eigenvalue weighted by molar-refractivity contribution is 0.462. The van der Waals surface area contributed by atoms with Gasteiger partial charge in [-0.3, -0.25) is 0 Å². The summed E-state index contributed by atoms with van der Waals surface area (Å²) < 4.78 is 39.6. The van der Waals surface area contributed by atoms with Gasteiger partial charge in [0.1, 0.15) is 11.5 Å². The van der Waals surface area contributed by atoms with Gasteiger partial charge in [-0.15, -0.1) is 5.10 Å². The number of hydrogen-bond acceptors (Lipinski definition) is 7. The van der Waals surface area contributed by atoms with E-state index in [1.165, 1.54) is 18.4 Å². The van der Waals surface area contributed by atoms with Crippen LogP contribution in [-0.4, -0.2) is 24.0 Å². The van der Waals surface area contributed by atoms with Crippen molar-refractivity contribution in [2.45, 2.75) is 6.54 Å². The first-order valence-electron chi connectivity index (χ1n) is 6.62. The van der Waals surface area contributed by atoms with Gasteiger partial charge in [0.2, 0.25) is 0 Å². The number of furan rings is 1. The van der Waals surface area contributed by atoms with Gasteiger partial charge in [-0.1, -0.05) is 18.2 Å². The Morgan fingerprint density at radius 3 is 2.61 bits per heavy atom. The number of rotatable bonds is 6. The molecule has 0 saturated heterocycles. The van der Waals surface area contributed by atoms with Gasteiger partial charge in [-0.25, -0.2) is 4.79 Å². The second-order valence-electron chi connectivity index (χ2n) is 4.53. The van der Waals surface area contributed by atoms with Crippen molar-refractivity contribution in [3.63, 3.8) is 0 Å². The summed E-state index contributed by atoms with van der Waals surface area (Å²) in [6.45, 7) is -0.196. The number of para-hydroxylation sites is 1. The van der Waals surface area contributed by atoms with Crippen molar-refractivity contribution in [1.29, 1.82) is 0 Å². The fourth-order valence-electron chi connectivity index (χ4n) is 1.81. The van der Waals surface area contributed by atoms with Crippen molar-refractivity contribution < 1.29 is 21.4 Å². The molecule has 0 unspecified atom stereocenters. The van der Waals surface area contributed by atoms with Gasteiger partial charge in [-0.2, -0.15) is 13.1 Å². The minimum absolute atomic E-state index is 0.0126. The lowest BCUT2D eigenvalue weighted by atomic mass is 10.3. The first-order chi connectivity index (χ1) is 11.0. The molecule has 3 aromatic rings. The number of hydrogen-bond donors (Lipinski definition) is 0. The van der Waals surface area contributed by atoms with Crippen LogP contribution in [0, 0.1) is 0 Å². The Hall–Kier alpha value is -2.81. The Balaban J connectivity index is 1.70. The monoisotopic (exact) mass is 336 g/mol. The highest BCUT2D eigenvalue weighted by Crippen LogP contribution is 2.15. The van der Waals surface area contributed by atoms with E-state index in [-0.39, 0.29) is 23.9 Å². The van der Waals surface area contributed by atoms with Crippen LogP contribution in [-0.2, 0) is 16.7 Å². The molecule has 0 aliphatic heterocycles. The van der Waals surface area contributed by atoms with Crippen molar-refractivity contribution in [3.05, 3.63) is 59.3 Å². The fourth-order valence-corrected chi connectivity index (χ4v) is 2.69. The van der Waals surface area contributed by atoms with E-state index in [0.29, 0.717) is 0 Å². The summed E-state index contributed by atoms with van der Waals surface area (Å²) in [6, 6.07) is 11.3. The maximum atomic E-state index is 11.9. The van der Waals surface area contributed by atoms with E-state index >= 15 is 0 Å². The van der Waals surface area contributed by atoms with Crippen LogP contribution in [0.2, 0.25) is 0 Å². The molecule has 23 heavy (non-hydrogen) atoms. The quantitative estimate of drug-likeness (QED) is 0.628. The zero-order valence-electron chi connectivity index (χ0n) is 11.8. The zero-order chi connectivity index (χ0) is 16.3. The Labute approximate surface area is 131 Å². The molecule has 0 saturated carbocycles. The summed E-state index contributed by atoms with van der Waals surface area (Å²) in [5, 5.41) is 3.89. The van der Waals surface area contributed by atoms with Crippen LogP contribution in [0.25, 0.3) is 11.7 Å². The van der Waals surface area contributed by atoms with E-state index in [9.17, 15) is 13.2 Å². The van der Waals surface area contributed by atoms with Gasteiger partial charge in [0.25, 0.3) is 5.89 Å². The molecule has 2 heterocycles. The van der Waals surface area contributed by atoms with Crippen molar-refractivity contribution in [2.75, 3.05) is 5.75 Å². The van der Waals surface area contributed by atoms with Crippen LogP contribution in [0.1, 0.15) is 0 Å². The first kappa shape index (κ1) is 15.1. The predicted molar refractivity (Wildman–Crippen MR) is 79.3 cm³/mol. The molecule has 120 valence electrons. The van der Waals surface area contributed by atoms with Crippen molar-refractivity contribution in [3.8, 4) is 17.4 Å². The molecule has 0 bridgehead atoms. The topological polar surface area (TPSA) is 105 Å². The molecular weight excluding hydrogens is 324 g/mol. The van der Waals surface area contributed by atoms with Crippen LogP contribution in [0.5, 0.6) is 5.75 Å². The Kier molecular flexibility index (Phi) is 4.02. The maximum Gasteiger partial charge on any atom is 0.437 e. The summed E-state index contributed by atoms with van der Waals surface area (Å²) in [5.74, 6) is -0.723. The van der Waals surface area contributed by atoms with Crippen LogP contribution >= 0.6 is 0 Å². The summed E-state index contributed by atoms with van der Waals surface area (Å²) in [7, 11) is -3.86. The van der Waals surface area contributed by atoms with Gasteiger partial charge >= 0.3 is 15.9 Å². The average Bonchev–Trinajstić information content (AvgIpc) is 3.15. The molecule has 0 N–H and O–H groups in total. The summed E-state index contributed by atoms with van der Waals surface area (Å²) >= 11 is 0. The predicted octanol–water partition coefficient (Wildman–Crippen LogP) is 1.51. The largest absolute Gasteiger partial charge is 0.459 e. The normalized spacial score (nSPS) is 11.5. The van der Waals surface area contributed by atoms with E-state index in [1.807, 2.05) is 0 Å². The van der Waals surface area contributed by atoms with Gasteiger partial charge in [0, 0.05) is 0 Å². The smallest absolute Gasteiger partial charge is 0.437 e. The minimum atomic E-state index is -3.86. The maximum absolute atomic E-state index is 11.9. The SMILES string of the molecule is O=c1oc(-c2ccco2)nn1CCS(=O)(=O)Oc1ccccc1. The van der Waals surface area contributed by atoms with Crippen molar-refractivity contribution in [2.24, 2.45) is 0 Å². The van der Waals surface area contributed by atoms with Crippen LogP contribution in [0.3, 0.4) is 0 Å². The molecule has 2 aromatic heterocycles. The lowest BCUT2D eigenvalue weighted by Crippen LogP contribution is -2.24. The van der Waals surface area contributed by atoms with Gasteiger partial charge in [-0.05, 0) is 24.3 Å². The second kappa shape index (κ2) is 6.13.